The molecule has 0 unspecified atom stereocenters. The van der Waals surface area contributed by atoms with Gasteiger partial charge in [-0.05, 0) is 76.9 Å². The molecule has 0 radical (unpaired) electrons. The van der Waals surface area contributed by atoms with E-state index >= 15 is 0 Å². The molecular formula is C28H28N6O3S. The molecule has 6 rings (SSSR count). The van der Waals surface area contributed by atoms with E-state index in [0.717, 1.165) is 29.8 Å². The third kappa shape index (κ3) is 4.45. The summed E-state index contributed by atoms with van der Waals surface area (Å²) >= 11 is 0. The highest BCUT2D eigenvalue weighted by Crippen LogP contribution is 2.41. The van der Waals surface area contributed by atoms with Gasteiger partial charge in [-0.1, -0.05) is 22.8 Å². The first-order valence-corrected chi connectivity index (χ1v) is 14.1. The predicted octanol–water partition coefficient (Wildman–Crippen LogP) is 5.70. The highest BCUT2D eigenvalue weighted by atomic mass is 32.2. The van der Waals surface area contributed by atoms with Crippen molar-refractivity contribution in [3.8, 4) is 22.8 Å². The van der Waals surface area contributed by atoms with Gasteiger partial charge in [0.2, 0.25) is 5.89 Å². The van der Waals surface area contributed by atoms with Crippen LogP contribution in [0.15, 0.2) is 64.0 Å². The van der Waals surface area contributed by atoms with E-state index in [1.54, 1.807) is 42.6 Å². The molecule has 2 aromatic carbocycles. The summed E-state index contributed by atoms with van der Waals surface area (Å²) in [7, 11) is -3.88. The summed E-state index contributed by atoms with van der Waals surface area (Å²) in [6.45, 7) is 7.83. The smallest absolute Gasteiger partial charge is 0.315 e. The van der Waals surface area contributed by atoms with Crippen LogP contribution in [-0.2, 0) is 10.0 Å². The van der Waals surface area contributed by atoms with Gasteiger partial charge in [0.05, 0.1) is 10.4 Å². The molecule has 3 aromatic heterocycles. The van der Waals surface area contributed by atoms with E-state index in [2.05, 4.69) is 15.5 Å². The van der Waals surface area contributed by atoms with Crippen LogP contribution >= 0.6 is 0 Å². The number of anilines is 1. The van der Waals surface area contributed by atoms with Gasteiger partial charge < -0.3 is 9.73 Å². The molecule has 0 amide bonds. The quantitative estimate of drug-likeness (QED) is 0.286. The Morgan fingerprint density at radius 1 is 1.00 bits per heavy atom. The van der Waals surface area contributed by atoms with Gasteiger partial charge in [-0.25, -0.2) is 22.4 Å². The lowest BCUT2D eigenvalue weighted by molar-refractivity contribution is 0.574. The summed E-state index contributed by atoms with van der Waals surface area (Å²) in [5.74, 6) is 1.26. The van der Waals surface area contributed by atoms with Crippen LogP contribution in [0.1, 0.15) is 49.6 Å². The molecule has 9 nitrogen and oxygen atoms in total. The minimum absolute atomic E-state index is 0.137. The van der Waals surface area contributed by atoms with E-state index < -0.39 is 10.0 Å². The molecule has 1 N–H and O–H groups in total. The zero-order valence-electron chi connectivity index (χ0n) is 21.6. The standard InChI is InChI=1S/C28H28N6O3S/c1-16(2)29-28-33-32-27(37-28)20-9-12-25-22(14-20)23(26-30-18(4)13-24(31-26)19-7-8-19)15-34(25)38(35,36)21-10-5-17(3)6-11-21/h5-6,9-16,19H,7-8H2,1-4H3,(H,29,33). The van der Waals surface area contributed by atoms with Gasteiger partial charge in [0.25, 0.3) is 10.0 Å². The fourth-order valence-corrected chi connectivity index (χ4v) is 5.85. The summed E-state index contributed by atoms with van der Waals surface area (Å²) in [5, 5.41) is 12.0. The summed E-state index contributed by atoms with van der Waals surface area (Å²) < 4.78 is 34.7. The molecule has 0 atom stereocenters. The number of benzene rings is 2. The first-order chi connectivity index (χ1) is 18.2. The normalized spacial score (nSPS) is 13.9. The second-order valence-corrected chi connectivity index (χ2v) is 11.9. The van der Waals surface area contributed by atoms with Crippen molar-refractivity contribution >= 4 is 26.9 Å². The van der Waals surface area contributed by atoms with Crippen LogP contribution in [0.5, 0.6) is 0 Å². The van der Waals surface area contributed by atoms with Crippen LogP contribution in [0.3, 0.4) is 0 Å². The minimum Gasteiger partial charge on any atom is -0.403 e. The van der Waals surface area contributed by atoms with Crippen molar-refractivity contribution in [3.05, 3.63) is 71.7 Å². The average molecular weight is 529 g/mol. The van der Waals surface area contributed by atoms with Crippen molar-refractivity contribution in [2.75, 3.05) is 5.32 Å². The molecule has 38 heavy (non-hydrogen) atoms. The van der Waals surface area contributed by atoms with E-state index in [0.29, 0.717) is 45.7 Å². The van der Waals surface area contributed by atoms with Gasteiger partial charge in [0, 0.05) is 46.1 Å². The van der Waals surface area contributed by atoms with Gasteiger partial charge in [-0.15, -0.1) is 5.10 Å². The molecular weight excluding hydrogens is 500 g/mol. The fraction of sp³-hybridized carbons (Fsp3) is 0.286. The summed E-state index contributed by atoms with van der Waals surface area (Å²) in [4.78, 5) is 9.77. The van der Waals surface area contributed by atoms with Crippen molar-refractivity contribution in [2.45, 2.75) is 57.4 Å². The number of aryl methyl sites for hydroxylation is 2. The number of aromatic nitrogens is 5. The third-order valence-electron chi connectivity index (χ3n) is 6.54. The number of hydrogen-bond donors (Lipinski definition) is 1. The Bertz CT molecular complexity index is 1770. The molecule has 1 aliphatic carbocycles. The molecule has 10 heteroatoms. The van der Waals surface area contributed by atoms with Gasteiger partial charge in [-0.2, -0.15) is 0 Å². The van der Waals surface area contributed by atoms with E-state index in [1.165, 1.54) is 3.97 Å². The van der Waals surface area contributed by atoms with Gasteiger partial charge >= 0.3 is 6.01 Å². The van der Waals surface area contributed by atoms with Crippen LogP contribution in [0.4, 0.5) is 6.01 Å². The van der Waals surface area contributed by atoms with Crippen molar-refractivity contribution < 1.29 is 12.8 Å². The van der Waals surface area contributed by atoms with Crippen LogP contribution in [0.25, 0.3) is 33.7 Å². The largest absolute Gasteiger partial charge is 0.403 e. The van der Waals surface area contributed by atoms with Gasteiger partial charge in [0.1, 0.15) is 0 Å². The number of rotatable bonds is 7. The van der Waals surface area contributed by atoms with Crippen LogP contribution in [-0.4, -0.2) is 38.6 Å². The number of nitrogens with zero attached hydrogens (tertiary/aromatic N) is 5. The number of fused-ring (bicyclic) bond motifs is 1. The van der Waals surface area contributed by atoms with E-state index in [4.69, 9.17) is 14.4 Å². The Morgan fingerprint density at radius 2 is 1.76 bits per heavy atom. The highest BCUT2D eigenvalue weighted by molar-refractivity contribution is 7.90. The highest BCUT2D eigenvalue weighted by Gasteiger charge is 2.28. The molecule has 5 aromatic rings. The van der Waals surface area contributed by atoms with Crippen LogP contribution in [0.2, 0.25) is 0 Å². The van der Waals surface area contributed by atoms with Crippen molar-refractivity contribution in [1.29, 1.82) is 0 Å². The van der Waals surface area contributed by atoms with Crippen molar-refractivity contribution in [2.24, 2.45) is 0 Å². The number of hydrogen-bond acceptors (Lipinski definition) is 8. The Kier molecular flexibility index (Phi) is 5.79. The Morgan fingerprint density at radius 3 is 2.47 bits per heavy atom. The van der Waals surface area contributed by atoms with Gasteiger partial charge in [-0.3, -0.25) is 0 Å². The lowest BCUT2D eigenvalue weighted by Crippen LogP contribution is -2.11. The zero-order valence-corrected chi connectivity index (χ0v) is 22.5. The number of nitrogens with one attached hydrogen (secondary N) is 1. The fourth-order valence-electron chi connectivity index (χ4n) is 4.48. The third-order valence-corrected chi connectivity index (χ3v) is 8.23. The first-order valence-electron chi connectivity index (χ1n) is 12.6. The topological polar surface area (TPSA) is 116 Å². The molecule has 3 heterocycles. The van der Waals surface area contributed by atoms with E-state index in [-0.39, 0.29) is 10.9 Å². The lowest BCUT2D eigenvalue weighted by Gasteiger charge is -2.08. The predicted molar refractivity (Wildman–Crippen MR) is 145 cm³/mol. The summed E-state index contributed by atoms with van der Waals surface area (Å²) in [6, 6.07) is 14.7. The lowest BCUT2D eigenvalue weighted by atomic mass is 10.1. The second-order valence-electron chi connectivity index (χ2n) is 10.1. The first kappa shape index (κ1) is 24.3. The van der Waals surface area contributed by atoms with E-state index in [9.17, 15) is 8.42 Å². The molecule has 0 aliphatic heterocycles. The molecule has 1 aliphatic rings. The Hall–Kier alpha value is -4.05. The molecule has 1 fully saturated rings. The van der Waals surface area contributed by atoms with Crippen molar-refractivity contribution in [1.82, 2.24) is 24.1 Å². The monoisotopic (exact) mass is 528 g/mol. The minimum atomic E-state index is -3.88. The van der Waals surface area contributed by atoms with Crippen LogP contribution < -0.4 is 5.32 Å². The van der Waals surface area contributed by atoms with E-state index in [1.807, 2.05) is 39.8 Å². The second kappa shape index (κ2) is 9.05. The molecule has 194 valence electrons. The molecule has 0 saturated heterocycles. The maximum Gasteiger partial charge on any atom is 0.315 e. The Labute approximate surface area is 221 Å². The SMILES string of the molecule is Cc1ccc(S(=O)(=O)n2cc(-c3nc(C)cc(C4CC4)n3)c3cc(-c4nnc(NC(C)C)o4)ccc32)cc1. The molecule has 0 spiro atoms. The van der Waals surface area contributed by atoms with Crippen LogP contribution in [0, 0.1) is 13.8 Å². The summed E-state index contributed by atoms with van der Waals surface area (Å²) in [5.41, 5.74) is 4.64. The summed E-state index contributed by atoms with van der Waals surface area (Å²) in [6.07, 6.45) is 3.83. The Balaban J connectivity index is 1.55. The maximum absolute atomic E-state index is 13.8. The molecule has 1 saturated carbocycles. The zero-order chi connectivity index (χ0) is 26.6. The molecule has 0 bridgehead atoms. The maximum atomic E-state index is 13.8. The van der Waals surface area contributed by atoms with Gasteiger partial charge in [0.15, 0.2) is 5.82 Å². The average Bonchev–Trinajstić information content (AvgIpc) is 3.51. The van der Waals surface area contributed by atoms with Crippen molar-refractivity contribution in [3.63, 3.8) is 0 Å².